The molecule has 0 rings (SSSR count). The molecule has 0 saturated carbocycles. The van der Waals surface area contributed by atoms with Crippen LogP contribution in [0.15, 0.2) is 0 Å². The van der Waals surface area contributed by atoms with E-state index in [0.717, 1.165) is 0 Å². The quantitative estimate of drug-likeness (QED) is 0.339. The van der Waals surface area contributed by atoms with Crippen molar-refractivity contribution in [1.29, 1.82) is 0 Å². The van der Waals surface area contributed by atoms with Crippen molar-refractivity contribution >= 4 is 7.91 Å². The third-order valence-electron chi connectivity index (χ3n) is 0.450. The van der Waals surface area contributed by atoms with Gasteiger partial charge in [-0.2, -0.15) is 4.20 Å². The van der Waals surface area contributed by atoms with Crippen molar-refractivity contribution in [2.24, 2.45) is 0 Å². The molecule has 0 N–H and O–H groups in total. The summed E-state index contributed by atoms with van der Waals surface area (Å²) in [5, 5.41) is 0. The van der Waals surface area contributed by atoms with Crippen molar-refractivity contribution in [3.05, 3.63) is 0 Å². The minimum atomic E-state index is -4.93. The average molecular weight is 148 g/mol. The second-order valence-electron chi connectivity index (χ2n) is 1.26. The van der Waals surface area contributed by atoms with Gasteiger partial charge in [-0.05, 0) is 6.42 Å². The molecule has 0 heterocycles. The van der Waals surface area contributed by atoms with Gasteiger partial charge in [-0.15, -0.1) is 0 Å². The maximum atomic E-state index is 11.4. The Hall–Kier alpha value is 0.677. The van der Waals surface area contributed by atoms with Gasteiger partial charge in [0.1, 0.15) is 0 Å². The summed E-state index contributed by atoms with van der Waals surface area (Å²) in [6, 6.07) is 0. The molecule has 6 heteroatoms. The zero-order valence-electron chi connectivity index (χ0n) is 5.46. The monoisotopic (exact) mass is 148 g/mol. The Balaban J connectivity index is 0. The third kappa shape index (κ3) is 12.0. The molecule has 1 unspecified atom stereocenters. The van der Waals surface area contributed by atoms with Crippen LogP contribution in [0.5, 0.6) is 0 Å². The van der Waals surface area contributed by atoms with Crippen LogP contribution in [-0.4, -0.2) is 6.61 Å². The van der Waals surface area contributed by atoms with Gasteiger partial charge >= 0.3 is 26.8 Å². The first-order valence-electron chi connectivity index (χ1n) is 2.21. The molecule has 0 aliphatic heterocycles. The maximum Gasteiger partial charge on any atom is 1.00 e. The summed E-state index contributed by atoms with van der Waals surface area (Å²) >= 11 is 0. The molecule has 0 aromatic carbocycles. The van der Waals surface area contributed by atoms with E-state index in [1.165, 1.54) is 0 Å². The fourth-order valence-corrected chi connectivity index (χ4v) is 0.601. The molecule has 0 saturated heterocycles. The van der Waals surface area contributed by atoms with Crippen molar-refractivity contribution in [2.45, 2.75) is 13.3 Å². The molecule has 0 aliphatic rings. The molecule has 0 aliphatic carbocycles. The predicted octanol–water partition coefficient (Wildman–Crippen LogP) is -2.15. The zero-order chi connectivity index (χ0) is 6.62. The standard InChI is InChI=1S/C3H8FO3P.Li/c1-2-3-7-8(4,5)6;/h2-3H2,1H3,(H,5,6);/q;+1/p-1. The fourth-order valence-electron chi connectivity index (χ4n) is 0.200. The van der Waals surface area contributed by atoms with Crippen LogP contribution in [0.2, 0.25) is 0 Å². The summed E-state index contributed by atoms with van der Waals surface area (Å²) < 4.78 is 24.6. The molecular weight excluding hydrogens is 141 g/mol. The zero-order valence-corrected chi connectivity index (χ0v) is 6.36. The van der Waals surface area contributed by atoms with E-state index in [9.17, 15) is 13.7 Å². The van der Waals surface area contributed by atoms with Crippen LogP contribution in [0.3, 0.4) is 0 Å². The fraction of sp³-hybridized carbons (Fsp3) is 1.00. The van der Waals surface area contributed by atoms with Crippen molar-refractivity contribution in [2.75, 3.05) is 6.61 Å². The molecule has 0 radical (unpaired) electrons. The average Bonchev–Trinajstić information content (AvgIpc) is 1.59. The molecule has 0 aromatic rings. The number of hydrogen-bond acceptors (Lipinski definition) is 3. The van der Waals surface area contributed by atoms with E-state index in [1.807, 2.05) is 0 Å². The molecule has 3 nitrogen and oxygen atoms in total. The van der Waals surface area contributed by atoms with Gasteiger partial charge in [-0.25, -0.2) is 0 Å². The largest absolute Gasteiger partial charge is 1.00 e. The first-order chi connectivity index (χ1) is 3.56. The molecule has 0 aromatic heterocycles. The first kappa shape index (κ1) is 12.4. The minimum absolute atomic E-state index is 0. The van der Waals surface area contributed by atoms with Gasteiger partial charge in [0.05, 0.1) is 6.61 Å². The molecule has 0 bridgehead atoms. The van der Waals surface area contributed by atoms with Crippen LogP contribution in [0.4, 0.5) is 4.20 Å². The molecule has 0 amide bonds. The Morgan fingerprint density at radius 1 is 1.78 bits per heavy atom. The maximum absolute atomic E-state index is 11.4. The van der Waals surface area contributed by atoms with E-state index in [1.54, 1.807) is 6.92 Å². The molecule has 0 spiro atoms. The molecule has 50 valence electrons. The van der Waals surface area contributed by atoms with Crippen molar-refractivity contribution in [3.8, 4) is 0 Å². The Morgan fingerprint density at radius 2 is 2.22 bits per heavy atom. The summed E-state index contributed by atoms with van der Waals surface area (Å²) in [6.07, 6.45) is 0.496. The second-order valence-corrected chi connectivity index (χ2v) is 2.38. The van der Waals surface area contributed by atoms with Gasteiger partial charge in [0.2, 0.25) is 0 Å². The van der Waals surface area contributed by atoms with Gasteiger partial charge in [-0.3, -0.25) is 4.57 Å². The summed E-state index contributed by atoms with van der Waals surface area (Å²) in [4.78, 5) is 9.53. The molecule has 1 atom stereocenters. The van der Waals surface area contributed by atoms with Crippen molar-refractivity contribution < 1.29 is 37.0 Å². The Morgan fingerprint density at radius 3 is 2.33 bits per heavy atom. The van der Waals surface area contributed by atoms with Gasteiger partial charge in [0, 0.05) is 0 Å². The first-order valence-corrected chi connectivity index (χ1v) is 3.65. The van der Waals surface area contributed by atoms with E-state index >= 15 is 0 Å². The normalized spacial score (nSPS) is 15.9. The number of rotatable bonds is 3. The van der Waals surface area contributed by atoms with E-state index < -0.39 is 7.91 Å². The van der Waals surface area contributed by atoms with Crippen LogP contribution < -0.4 is 23.8 Å². The molecule has 0 fully saturated rings. The number of hydrogen-bond donors (Lipinski definition) is 0. The molecular formula is C3H7FLiO3P. The van der Waals surface area contributed by atoms with E-state index in [0.29, 0.717) is 6.42 Å². The summed E-state index contributed by atoms with van der Waals surface area (Å²) in [6.45, 7) is 1.62. The summed E-state index contributed by atoms with van der Waals surface area (Å²) in [7, 11) is -4.93. The number of halogens is 1. The van der Waals surface area contributed by atoms with Crippen LogP contribution >= 0.6 is 7.91 Å². The van der Waals surface area contributed by atoms with E-state index in [4.69, 9.17) is 0 Å². The third-order valence-corrected chi connectivity index (χ3v) is 0.941. The van der Waals surface area contributed by atoms with Crippen molar-refractivity contribution in [3.63, 3.8) is 0 Å². The Bertz CT molecular complexity index is 103. The smallest absolute Gasteiger partial charge is 0.753 e. The summed E-state index contributed by atoms with van der Waals surface area (Å²) in [5.41, 5.74) is 0. The van der Waals surface area contributed by atoms with Gasteiger partial charge in [0.15, 0.2) is 0 Å². The van der Waals surface area contributed by atoms with Crippen LogP contribution in [-0.2, 0) is 9.09 Å². The topological polar surface area (TPSA) is 49.4 Å². The Labute approximate surface area is 65.4 Å². The Kier molecular flexibility index (Phi) is 7.50. The van der Waals surface area contributed by atoms with Crippen LogP contribution in [0.1, 0.15) is 13.3 Å². The SMILES string of the molecule is CCCOP(=O)([O-])F.[Li+]. The van der Waals surface area contributed by atoms with Gasteiger partial charge in [0.25, 0.3) is 0 Å². The van der Waals surface area contributed by atoms with Gasteiger partial charge < -0.3 is 9.42 Å². The van der Waals surface area contributed by atoms with Gasteiger partial charge in [-0.1, -0.05) is 6.92 Å². The summed E-state index contributed by atoms with van der Waals surface area (Å²) in [5.74, 6) is 0. The van der Waals surface area contributed by atoms with E-state index in [2.05, 4.69) is 4.52 Å². The van der Waals surface area contributed by atoms with Crippen LogP contribution in [0, 0.1) is 0 Å². The second kappa shape index (κ2) is 5.46. The van der Waals surface area contributed by atoms with E-state index in [-0.39, 0.29) is 25.5 Å². The van der Waals surface area contributed by atoms with Crippen molar-refractivity contribution in [1.82, 2.24) is 0 Å². The minimum Gasteiger partial charge on any atom is -0.753 e. The predicted molar refractivity (Wildman–Crippen MR) is 25.0 cm³/mol. The van der Waals surface area contributed by atoms with Crippen LogP contribution in [0.25, 0.3) is 0 Å². The molecule has 9 heavy (non-hydrogen) atoms.